The monoisotopic (exact) mass is 466 g/mol. The molecule has 1 aliphatic heterocycles. The number of imide groups is 1. The minimum absolute atomic E-state index is 0.0345. The molecule has 2 N–H and O–H groups in total. The van der Waals surface area contributed by atoms with E-state index in [-0.39, 0.29) is 24.0 Å². The van der Waals surface area contributed by atoms with Gasteiger partial charge in [0.15, 0.2) is 6.61 Å². The summed E-state index contributed by atoms with van der Waals surface area (Å²) in [6.07, 6.45) is 7.48. The van der Waals surface area contributed by atoms with E-state index < -0.39 is 40.5 Å². The Labute approximate surface area is 188 Å². The summed E-state index contributed by atoms with van der Waals surface area (Å²) in [5, 5.41) is 5.00. The number of esters is 1. The number of ether oxygens (including phenoxy) is 1. The number of carbonyl (C=O) groups excluding carboxylic acids is 3. The van der Waals surface area contributed by atoms with Crippen LogP contribution in [-0.4, -0.2) is 61.4 Å². The number of nitrogens with one attached hydrogen (secondary N) is 2. The maximum Gasteiger partial charge on any atom is 0.321 e. The Kier molecular flexibility index (Phi) is 8.19. The van der Waals surface area contributed by atoms with E-state index in [1.165, 1.54) is 22.8 Å². The molecule has 2 unspecified atom stereocenters. The molecule has 0 radical (unpaired) electrons. The lowest BCUT2D eigenvalue weighted by Gasteiger charge is -2.30. The number of piperidine rings is 1. The molecule has 1 aliphatic carbocycles. The van der Waals surface area contributed by atoms with Crippen molar-refractivity contribution in [3.63, 3.8) is 0 Å². The SMILES string of the molecule is CC1CCCCC1NC(=O)NC(=O)COC(=O)C1CCN(S(=O)(=O)c2cccnc2)CC1. The molecule has 1 saturated carbocycles. The molecule has 2 atom stereocenters. The van der Waals surface area contributed by atoms with E-state index in [1.807, 2.05) is 0 Å². The van der Waals surface area contributed by atoms with Crippen LogP contribution in [0.3, 0.4) is 0 Å². The van der Waals surface area contributed by atoms with Crippen LogP contribution in [0.4, 0.5) is 4.79 Å². The minimum Gasteiger partial charge on any atom is -0.455 e. The predicted molar refractivity (Wildman–Crippen MR) is 115 cm³/mol. The molecular weight excluding hydrogens is 436 g/mol. The third kappa shape index (κ3) is 6.26. The maximum atomic E-state index is 12.6. The van der Waals surface area contributed by atoms with Crippen LogP contribution in [-0.2, 0) is 24.3 Å². The second-order valence-corrected chi connectivity index (χ2v) is 10.3. The number of carbonyl (C=O) groups is 3. The van der Waals surface area contributed by atoms with Crippen LogP contribution in [0.1, 0.15) is 45.4 Å². The van der Waals surface area contributed by atoms with Crippen LogP contribution < -0.4 is 10.6 Å². The molecule has 176 valence electrons. The largest absolute Gasteiger partial charge is 0.455 e. The van der Waals surface area contributed by atoms with E-state index in [0.717, 1.165) is 25.7 Å². The topological polar surface area (TPSA) is 135 Å². The fourth-order valence-corrected chi connectivity index (χ4v) is 5.57. The van der Waals surface area contributed by atoms with Crippen molar-refractivity contribution in [2.75, 3.05) is 19.7 Å². The number of pyridine rings is 1. The molecule has 3 rings (SSSR count). The zero-order chi connectivity index (χ0) is 23.1. The summed E-state index contributed by atoms with van der Waals surface area (Å²) in [4.78, 5) is 40.2. The van der Waals surface area contributed by atoms with Crippen molar-refractivity contribution >= 4 is 27.9 Å². The lowest BCUT2D eigenvalue weighted by atomic mass is 9.86. The molecule has 11 heteroatoms. The van der Waals surface area contributed by atoms with E-state index in [9.17, 15) is 22.8 Å². The standard InChI is InChI=1S/C21H30N4O6S/c1-15-5-2-3-7-18(15)23-21(28)24-19(26)14-31-20(27)16-8-11-25(12-9-16)32(29,30)17-6-4-10-22-13-17/h4,6,10,13,15-16,18H,2-3,5,7-9,11-12,14H2,1H3,(H2,23,24,26,28). The number of nitrogens with zero attached hydrogens (tertiary/aromatic N) is 2. The third-order valence-electron chi connectivity index (χ3n) is 6.09. The van der Waals surface area contributed by atoms with Crippen LogP contribution >= 0.6 is 0 Å². The fraction of sp³-hybridized carbons (Fsp3) is 0.619. The van der Waals surface area contributed by atoms with Crippen LogP contribution in [0.2, 0.25) is 0 Å². The normalized spacial score (nSPS) is 22.7. The van der Waals surface area contributed by atoms with Gasteiger partial charge in [-0.25, -0.2) is 13.2 Å². The number of sulfonamides is 1. The van der Waals surface area contributed by atoms with Gasteiger partial charge in [0.05, 0.1) is 5.92 Å². The van der Waals surface area contributed by atoms with Gasteiger partial charge in [0.25, 0.3) is 5.91 Å². The summed E-state index contributed by atoms with van der Waals surface area (Å²) in [5.74, 6) is -1.41. The quantitative estimate of drug-likeness (QED) is 0.606. The number of rotatable bonds is 6. The second kappa shape index (κ2) is 10.9. The number of hydrogen-bond donors (Lipinski definition) is 2. The van der Waals surface area contributed by atoms with Crippen molar-refractivity contribution in [2.24, 2.45) is 11.8 Å². The molecule has 1 aromatic rings. The second-order valence-electron chi connectivity index (χ2n) is 8.36. The molecule has 0 aromatic carbocycles. The number of amides is 3. The number of urea groups is 1. The molecule has 2 aliphatic rings. The highest BCUT2D eigenvalue weighted by Crippen LogP contribution is 2.25. The summed E-state index contributed by atoms with van der Waals surface area (Å²) in [5.41, 5.74) is 0. The summed E-state index contributed by atoms with van der Waals surface area (Å²) in [7, 11) is -3.66. The highest BCUT2D eigenvalue weighted by molar-refractivity contribution is 7.89. The Bertz CT molecular complexity index is 915. The first kappa shape index (κ1) is 24.1. The van der Waals surface area contributed by atoms with E-state index in [1.54, 1.807) is 6.07 Å². The minimum atomic E-state index is -3.66. The summed E-state index contributed by atoms with van der Waals surface area (Å²) in [6, 6.07) is 2.48. The molecular formula is C21H30N4O6S. The van der Waals surface area contributed by atoms with Crippen molar-refractivity contribution in [3.05, 3.63) is 24.5 Å². The lowest BCUT2D eigenvalue weighted by Crippen LogP contribution is -2.48. The Morgan fingerprint density at radius 3 is 2.53 bits per heavy atom. The van der Waals surface area contributed by atoms with Crippen molar-refractivity contribution < 1.29 is 27.5 Å². The van der Waals surface area contributed by atoms with Crippen LogP contribution in [0.15, 0.2) is 29.4 Å². The molecule has 3 amide bonds. The molecule has 10 nitrogen and oxygen atoms in total. The van der Waals surface area contributed by atoms with Gasteiger partial charge < -0.3 is 10.1 Å². The first-order valence-electron chi connectivity index (χ1n) is 10.9. The van der Waals surface area contributed by atoms with Gasteiger partial charge in [0.2, 0.25) is 10.0 Å². The number of aromatic nitrogens is 1. The zero-order valence-corrected chi connectivity index (χ0v) is 19.0. The molecule has 0 spiro atoms. The van der Waals surface area contributed by atoms with E-state index in [0.29, 0.717) is 18.8 Å². The fourth-order valence-electron chi connectivity index (χ4n) is 4.13. The summed E-state index contributed by atoms with van der Waals surface area (Å²) < 4.78 is 31.6. The molecule has 2 fully saturated rings. The van der Waals surface area contributed by atoms with Crippen molar-refractivity contribution in [2.45, 2.75) is 56.4 Å². The Hall–Kier alpha value is -2.53. The average molecular weight is 467 g/mol. The molecule has 0 bridgehead atoms. The molecule has 1 saturated heterocycles. The Morgan fingerprint density at radius 2 is 1.88 bits per heavy atom. The third-order valence-corrected chi connectivity index (χ3v) is 7.97. The van der Waals surface area contributed by atoms with Gasteiger partial charge in [0, 0.05) is 31.5 Å². The average Bonchev–Trinajstić information content (AvgIpc) is 2.79. The van der Waals surface area contributed by atoms with Gasteiger partial charge in [-0.05, 0) is 43.7 Å². The van der Waals surface area contributed by atoms with Crippen LogP contribution in [0, 0.1) is 11.8 Å². The van der Waals surface area contributed by atoms with Gasteiger partial charge in [-0.1, -0.05) is 19.8 Å². The highest BCUT2D eigenvalue weighted by atomic mass is 32.2. The summed E-state index contributed by atoms with van der Waals surface area (Å²) >= 11 is 0. The first-order chi connectivity index (χ1) is 15.3. The summed E-state index contributed by atoms with van der Waals surface area (Å²) in [6.45, 7) is 1.86. The van der Waals surface area contributed by atoms with E-state index >= 15 is 0 Å². The molecule has 1 aromatic heterocycles. The van der Waals surface area contributed by atoms with Crippen molar-refractivity contribution in [3.8, 4) is 0 Å². The van der Waals surface area contributed by atoms with Gasteiger partial charge in [-0.3, -0.25) is 19.9 Å². The van der Waals surface area contributed by atoms with Gasteiger partial charge in [-0.2, -0.15) is 4.31 Å². The van der Waals surface area contributed by atoms with Crippen LogP contribution in [0.25, 0.3) is 0 Å². The molecule has 32 heavy (non-hydrogen) atoms. The van der Waals surface area contributed by atoms with Gasteiger partial charge in [-0.15, -0.1) is 0 Å². The van der Waals surface area contributed by atoms with Gasteiger partial charge in [0.1, 0.15) is 4.90 Å². The lowest BCUT2D eigenvalue weighted by molar-refractivity contribution is -0.153. The molecule has 2 heterocycles. The maximum absolute atomic E-state index is 12.6. The van der Waals surface area contributed by atoms with Crippen molar-refractivity contribution in [1.29, 1.82) is 0 Å². The van der Waals surface area contributed by atoms with E-state index in [2.05, 4.69) is 22.5 Å². The highest BCUT2D eigenvalue weighted by Gasteiger charge is 2.33. The Morgan fingerprint density at radius 1 is 1.16 bits per heavy atom. The van der Waals surface area contributed by atoms with Gasteiger partial charge >= 0.3 is 12.0 Å². The zero-order valence-electron chi connectivity index (χ0n) is 18.2. The van der Waals surface area contributed by atoms with Crippen LogP contribution in [0.5, 0.6) is 0 Å². The predicted octanol–water partition coefficient (Wildman–Crippen LogP) is 1.43. The first-order valence-corrected chi connectivity index (χ1v) is 12.4. The van der Waals surface area contributed by atoms with E-state index in [4.69, 9.17) is 4.74 Å². The Balaban J connectivity index is 1.39. The smallest absolute Gasteiger partial charge is 0.321 e. The number of hydrogen-bond acceptors (Lipinski definition) is 7. The van der Waals surface area contributed by atoms with Crippen molar-refractivity contribution in [1.82, 2.24) is 19.9 Å².